The molecule has 2 aromatic rings. The third-order valence-corrected chi connectivity index (χ3v) is 3.17. The summed E-state index contributed by atoms with van der Waals surface area (Å²) in [4.78, 5) is 9.90. The second-order valence-electron chi connectivity index (χ2n) is 3.69. The van der Waals surface area contributed by atoms with Crippen LogP contribution in [0.3, 0.4) is 0 Å². The van der Waals surface area contributed by atoms with E-state index in [0.29, 0.717) is 18.8 Å². The number of nitrogens with zero attached hydrogens (tertiary/aromatic N) is 1. The van der Waals surface area contributed by atoms with Crippen molar-refractivity contribution in [3.8, 4) is 0 Å². The summed E-state index contributed by atoms with van der Waals surface area (Å²) in [6.45, 7) is 1.12. The third kappa shape index (κ3) is 3.18. The molecular weight excluding hydrogens is 300 g/mol. The smallest absolute Gasteiger partial charge is 0.404 e. The van der Waals surface area contributed by atoms with Crippen molar-refractivity contribution in [2.75, 3.05) is 0 Å². The number of benzene rings is 1. The minimum Gasteiger partial charge on any atom is -0.404 e. The number of nitrogens with one attached hydrogen (secondary N) is 1. The largest absolute Gasteiger partial charge is 0.433 e. The maximum Gasteiger partial charge on any atom is 0.433 e. The monoisotopic (exact) mass is 310 g/mol. The number of nitro groups is 1. The first-order valence-electron chi connectivity index (χ1n) is 5.34. The molecule has 18 heavy (non-hydrogen) atoms. The Balaban J connectivity index is 1.88. The summed E-state index contributed by atoms with van der Waals surface area (Å²) in [5, 5.41) is 13.6. The molecule has 0 aliphatic heterocycles. The first-order chi connectivity index (χ1) is 8.66. The van der Waals surface area contributed by atoms with Gasteiger partial charge in [-0.1, -0.05) is 34.1 Å². The summed E-state index contributed by atoms with van der Waals surface area (Å²) in [6.07, 6.45) is 0. The average molecular weight is 311 g/mol. The van der Waals surface area contributed by atoms with Crippen LogP contribution in [0.1, 0.15) is 11.3 Å². The molecule has 1 aromatic heterocycles. The zero-order chi connectivity index (χ0) is 13.0. The topological polar surface area (TPSA) is 68.3 Å². The highest BCUT2D eigenvalue weighted by Crippen LogP contribution is 2.17. The fraction of sp³-hybridized carbons (Fsp3) is 0.167. The minimum absolute atomic E-state index is 0.229. The number of hydrogen-bond acceptors (Lipinski definition) is 4. The second-order valence-corrected chi connectivity index (χ2v) is 4.55. The molecule has 0 saturated heterocycles. The van der Waals surface area contributed by atoms with Gasteiger partial charge < -0.3 is 9.73 Å². The van der Waals surface area contributed by atoms with E-state index < -0.39 is 4.92 Å². The maximum atomic E-state index is 10.4. The summed E-state index contributed by atoms with van der Waals surface area (Å²) < 4.78 is 6.07. The average Bonchev–Trinajstić information content (AvgIpc) is 2.80. The van der Waals surface area contributed by atoms with Gasteiger partial charge in [-0.05, 0) is 17.7 Å². The lowest BCUT2D eigenvalue weighted by Gasteiger charge is -2.04. The maximum absolute atomic E-state index is 10.4. The Bertz CT molecular complexity index is 554. The Labute approximate surface area is 112 Å². The first kappa shape index (κ1) is 12.8. The van der Waals surface area contributed by atoms with Crippen LogP contribution in [-0.2, 0) is 13.1 Å². The van der Waals surface area contributed by atoms with Crippen molar-refractivity contribution in [3.63, 3.8) is 0 Å². The second kappa shape index (κ2) is 5.79. The van der Waals surface area contributed by atoms with E-state index >= 15 is 0 Å². The highest BCUT2D eigenvalue weighted by molar-refractivity contribution is 9.10. The van der Waals surface area contributed by atoms with E-state index in [1.165, 1.54) is 6.07 Å². The van der Waals surface area contributed by atoms with Crippen LogP contribution in [0.15, 0.2) is 45.3 Å². The molecular formula is C12H11BrN2O3. The number of halogens is 1. The SMILES string of the molecule is O=[N+]([O-])c1ccc(CNCc2ccccc2Br)o1. The fourth-order valence-corrected chi connectivity index (χ4v) is 1.95. The van der Waals surface area contributed by atoms with Crippen molar-refractivity contribution in [3.05, 3.63) is 62.3 Å². The molecule has 0 saturated carbocycles. The Morgan fingerprint density at radius 2 is 2.00 bits per heavy atom. The van der Waals surface area contributed by atoms with Gasteiger partial charge in [-0.15, -0.1) is 0 Å². The lowest BCUT2D eigenvalue weighted by atomic mass is 10.2. The summed E-state index contributed by atoms with van der Waals surface area (Å²) in [5.74, 6) is 0.321. The van der Waals surface area contributed by atoms with Crippen LogP contribution < -0.4 is 5.32 Å². The van der Waals surface area contributed by atoms with E-state index in [-0.39, 0.29) is 5.88 Å². The minimum atomic E-state index is -0.544. The Hall–Kier alpha value is -1.66. The van der Waals surface area contributed by atoms with Crippen LogP contribution in [0, 0.1) is 10.1 Å². The predicted octanol–water partition coefficient (Wildman–Crippen LogP) is 3.24. The molecule has 0 amide bonds. The number of hydrogen-bond donors (Lipinski definition) is 1. The highest BCUT2D eigenvalue weighted by atomic mass is 79.9. The first-order valence-corrected chi connectivity index (χ1v) is 6.13. The lowest BCUT2D eigenvalue weighted by molar-refractivity contribution is -0.402. The molecule has 1 heterocycles. The van der Waals surface area contributed by atoms with Crippen molar-refractivity contribution in [2.24, 2.45) is 0 Å². The quantitative estimate of drug-likeness (QED) is 0.680. The van der Waals surface area contributed by atoms with Crippen LogP contribution in [0.4, 0.5) is 5.88 Å². The van der Waals surface area contributed by atoms with E-state index in [1.54, 1.807) is 6.07 Å². The van der Waals surface area contributed by atoms with Crippen molar-refractivity contribution >= 4 is 21.8 Å². The molecule has 6 heteroatoms. The van der Waals surface area contributed by atoms with Crippen molar-refractivity contribution in [1.82, 2.24) is 5.32 Å². The van der Waals surface area contributed by atoms with Gasteiger partial charge in [0, 0.05) is 11.0 Å². The molecule has 0 fully saturated rings. The molecule has 0 unspecified atom stereocenters. The zero-order valence-electron chi connectivity index (χ0n) is 9.43. The van der Waals surface area contributed by atoms with Gasteiger partial charge in [-0.25, -0.2) is 0 Å². The molecule has 94 valence electrons. The summed E-state index contributed by atoms with van der Waals surface area (Å²) in [6, 6.07) is 10.8. The lowest BCUT2D eigenvalue weighted by Crippen LogP contribution is -2.12. The molecule has 0 bridgehead atoms. The van der Waals surface area contributed by atoms with Crippen LogP contribution in [0.25, 0.3) is 0 Å². The Morgan fingerprint density at radius 3 is 2.67 bits per heavy atom. The molecule has 2 rings (SSSR count). The number of rotatable bonds is 5. The van der Waals surface area contributed by atoms with Gasteiger partial charge in [0.2, 0.25) is 0 Å². The van der Waals surface area contributed by atoms with Crippen LogP contribution in [-0.4, -0.2) is 4.92 Å². The Kier molecular flexibility index (Phi) is 4.11. The molecule has 0 spiro atoms. The zero-order valence-corrected chi connectivity index (χ0v) is 11.0. The molecule has 0 radical (unpaired) electrons. The van der Waals surface area contributed by atoms with Crippen molar-refractivity contribution in [1.29, 1.82) is 0 Å². The molecule has 0 aliphatic carbocycles. The van der Waals surface area contributed by atoms with Gasteiger partial charge in [0.05, 0.1) is 12.6 Å². The van der Waals surface area contributed by atoms with Crippen LogP contribution in [0.5, 0.6) is 0 Å². The van der Waals surface area contributed by atoms with Gasteiger partial charge in [-0.2, -0.15) is 0 Å². The highest BCUT2D eigenvalue weighted by Gasteiger charge is 2.11. The van der Waals surface area contributed by atoms with Gasteiger partial charge >= 0.3 is 5.88 Å². The van der Waals surface area contributed by atoms with E-state index in [1.807, 2.05) is 24.3 Å². The van der Waals surface area contributed by atoms with Gasteiger partial charge in [0.1, 0.15) is 10.7 Å². The van der Waals surface area contributed by atoms with E-state index in [9.17, 15) is 10.1 Å². The fourth-order valence-electron chi connectivity index (χ4n) is 1.52. The van der Waals surface area contributed by atoms with Gasteiger partial charge in [0.25, 0.3) is 0 Å². The summed E-state index contributed by atoms with van der Waals surface area (Å²) in [7, 11) is 0. The third-order valence-electron chi connectivity index (χ3n) is 2.40. The van der Waals surface area contributed by atoms with Crippen molar-refractivity contribution in [2.45, 2.75) is 13.1 Å². The standard InChI is InChI=1S/C12H11BrN2O3/c13-11-4-2-1-3-9(11)7-14-8-10-5-6-12(18-10)15(16)17/h1-6,14H,7-8H2. The summed E-state index contributed by atoms with van der Waals surface area (Å²) in [5.41, 5.74) is 1.12. The molecule has 5 nitrogen and oxygen atoms in total. The summed E-state index contributed by atoms with van der Waals surface area (Å²) >= 11 is 3.45. The van der Waals surface area contributed by atoms with E-state index in [2.05, 4.69) is 21.2 Å². The van der Waals surface area contributed by atoms with Crippen molar-refractivity contribution < 1.29 is 9.34 Å². The van der Waals surface area contributed by atoms with Gasteiger partial charge in [0.15, 0.2) is 0 Å². The van der Waals surface area contributed by atoms with E-state index in [0.717, 1.165) is 10.0 Å². The molecule has 0 aliphatic rings. The molecule has 1 N–H and O–H groups in total. The van der Waals surface area contributed by atoms with Crippen LogP contribution in [0.2, 0.25) is 0 Å². The Morgan fingerprint density at radius 1 is 1.22 bits per heavy atom. The van der Waals surface area contributed by atoms with Crippen LogP contribution >= 0.6 is 15.9 Å². The number of furan rings is 1. The predicted molar refractivity (Wildman–Crippen MR) is 70.0 cm³/mol. The van der Waals surface area contributed by atoms with Gasteiger partial charge in [-0.3, -0.25) is 10.1 Å². The molecule has 0 atom stereocenters. The normalized spacial score (nSPS) is 10.5. The molecule has 1 aromatic carbocycles. The van der Waals surface area contributed by atoms with E-state index in [4.69, 9.17) is 4.42 Å².